The van der Waals surface area contributed by atoms with Gasteiger partial charge < -0.3 is 5.73 Å². The Hall–Kier alpha value is -0.0200. The van der Waals surface area contributed by atoms with Crippen molar-refractivity contribution in [3.8, 4) is 0 Å². The molecule has 0 saturated carbocycles. The first-order chi connectivity index (χ1) is 4.70. The van der Waals surface area contributed by atoms with Gasteiger partial charge in [0, 0.05) is 4.57 Å². The van der Waals surface area contributed by atoms with Crippen LogP contribution in [0.3, 0.4) is 0 Å². The monoisotopic (exact) mass is 167 g/mol. The second-order valence-electron chi connectivity index (χ2n) is 2.04. The molecule has 0 rings (SSSR count). The first kappa shape index (κ1) is 9.98. The summed E-state index contributed by atoms with van der Waals surface area (Å²) in [6.07, 6.45) is 1.59. The molecule has 4 N–H and O–H groups in total. The molecule has 4 nitrogen and oxygen atoms in total. The summed E-state index contributed by atoms with van der Waals surface area (Å²) in [6.45, 7) is 2.55. The van der Waals surface area contributed by atoms with Gasteiger partial charge in [-0.05, 0) is 6.42 Å². The molecule has 5 heteroatoms. The lowest BCUT2D eigenvalue weighted by atomic mass is 10.2. The van der Waals surface area contributed by atoms with Crippen LogP contribution in [-0.4, -0.2) is 17.5 Å². The number of quaternary nitrogens is 1. The Bertz CT molecular complexity index is 109. The van der Waals surface area contributed by atoms with Crippen LogP contribution in [0, 0.1) is 0 Å². The lowest BCUT2D eigenvalue weighted by Gasteiger charge is -2.00. The highest BCUT2D eigenvalue weighted by molar-refractivity contribution is 7.32. The van der Waals surface area contributed by atoms with Gasteiger partial charge in [-0.3, -0.25) is 0 Å². The van der Waals surface area contributed by atoms with Crippen molar-refractivity contribution >= 4 is 8.25 Å². The van der Waals surface area contributed by atoms with Gasteiger partial charge in [0.25, 0.3) is 0 Å². The minimum absolute atomic E-state index is 0.154. The third-order valence-corrected chi connectivity index (χ3v) is 1.65. The third-order valence-electron chi connectivity index (χ3n) is 1.17. The number of rotatable bonds is 5. The molecular weight excluding hydrogens is 153 g/mol. The molecule has 0 spiro atoms. The van der Waals surface area contributed by atoms with Gasteiger partial charge in [0.2, 0.25) is 0 Å². The average molecular weight is 167 g/mol. The van der Waals surface area contributed by atoms with Crippen molar-refractivity contribution < 1.29 is 19.7 Å². The molecule has 0 fully saturated rings. The SMILES string of the molecule is CCCC(C[NH3+])O[P+](=O)O. The van der Waals surface area contributed by atoms with Crippen LogP contribution in [-0.2, 0) is 9.09 Å². The molecule has 60 valence electrons. The summed E-state index contributed by atoms with van der Waals surface area (Å²) in [7, 11) is -2.45. The van der Waals surface area contributed by atoms with E-state index in [1.807, 2.05) is 6.92 Å². The van der Waals surface area contributed by atoms with Crippen molar-refractivity contribution in [2.24, 2.45) is 0 Å². The average Bonchev–Trinajstić information content (AvgIpc) is 1.86. The first-order valence-corrected chi connectivity index (χ1v) is 4.45. The molecule has 0 aromatic carbocycles. The molecule has 0 heterocycles. The maximum absolute atomic E-state index is 10.1. The topological polar surface area (TPSA) is 74.2 Å². The van der Waals surface area contributed by atoms with E-state index in [0.717, 1.165) is 12.8 Å². The molecule has 0 saturated heterocycles. The molecule has 0 amide bonds. The van der Waals surface area contributed by atoms with Gasteiger partial charge in [-0.25, -0.2) is 0 Å². The highest BCUT2D eigenvalue weighted by Gasteiger charge is 2.21. The predicted octanol–water partition coefficient (Wildman–Crippen LogP) is 0.0633. The zero-order valence-corrected chi connectivity index (χ0v) is 7.01. The largest absolute Gasteiger partial charge is 0.695 e. The molecule has 0 radical (unpaired) electrons. The Morgan fingerprint density at radius 1 is 1.80 bits per heavy atom. The predicted molar refractivity (Wildman–Crippen MR) is 37.4 cm³/mol. The molecule has 0 bridgehead atoms. The zero-order valence-electron chi connectivity index (χ0n) is 6.12. The van der Waals surface area contributed by atoms with E-state index in [1.54, 1.807) is 0 Å². The molecule has 0 aliphatic heterocycles. The highest BCUT2D eigenvalue weighted by atomic mass is 31.1. The van der Waals surface area contributed by atoms with Crippen molar-refractivity contribution in [1.82, 2.24) is 0 Å². The maximum Gasteiger partial charge on any atom is 0.695 e. The van der Waals surface area contributed by atoms with Gasteiger partial charge in [0.15, 0.2) is 6.10 Å². The minimum atomic E-state index is -2.45. The number of hydrogen-bond acceptors (Lipinski definition) is 2. The quantitative estimate of drug-likeness (QED) is 0.568. The standard InChI is InChI=1S/C5H12NO3P/c1-2-3-5(4-6)9-10(7)8/h5H,2-4,6H2,1H3/p+2. The number of hydrogen-bond donors (Lipinski definition) is 2. The molecule has 10 heavy (non-hydrogen) atoms. The van der Waals surface area contributed by atoms with Crippen molar-refractivity contribution in [3.05, 3.63) is 0 Å². The zero-order chi connectivity index (χ0) is 7.98. The van der Waals surface area contributed by atoms with Crippen molar-refractivity contribution in [1.29, 1.82) is 0 Å². The lowest BCUT2D eigenvalue weighted by Crippen LogP contribution is -2.55. The second-order valence-corrected chi connectivity index (χ2v) is 2.73. The van der Waals surface area contributed by atoms with Crippen molar-refractivity contribution in [2.75, 3.05) is 6.54 Å². The van der Waals surface area contributed by atoms with Gasteiger partial charge in [-0.15, -0.1) is 9.42 Å². The Labute approximate surface area is 61.3 Å². The molecule has 0 aliphatic carbocycles. The Morgan fingerprint density at radius 2 is 2.40 bits per heavy atom. The first-order valence-electron chi connectivity index (χ1n) is 3.32. The summed E-state index contributed by atoms with van der Waals surface area (Å²) in [6, 6.07) is 0. The van der Waals surface area contributed by atoms with Crippen LogP contribution < -0.4 is 5.73 Å². The fourth-order valence-electron chi connectivity index (χ4n) is 0.699. The van der Waals surface area contributed by atoms with Crippen LogP contribution in [0.25, 0.3) is 0 Å². The second kappa shape index (κ2) is 5.74. The van der Waals surface area contributed by atoms with Gasteiger partial charge >= 0.3 is 8.25 Å². The summed E-state index contributed by atoms with van der Waals surface area (Å²) >= 11 is 0. The Kier molecular flexibility index (Phi) is 5.73. The van der Waals surface area contributed by atoms with Gasteiger partial charge in [-0.1, -0.05) is 13.3 Å². The van der Waals surface area contributed by atoms with Crippen LogP contribution in [0.5, 0.6) is 0 Å². The minimum Gasteiger partial charge on any atom is -0.355 e. The van der Waals surface area contributed by atoms with E-state index in [0.29, 0.717) is 6.54 Å². The van der Waals surface area contributed by atoms with E-state index >= 15 is 0 Å². The Balaban J connectivity index is 3.49. The van der Waals surface area contributed by atoms with Crippen LogP contribution in [0.4, 0.5) is 0 Å². The van der Waals surface area contributed by atoms with Crippen molar-refractivity contribution in [2.45, 2.75) is 25.9 Å². The Morgan fingerprint density at radius 3 is 2.70 bits per heavy atom. The third kappa shape index (κ3) is 4.82. The van der Waals surface area contributed by atoms with E-state index in [2.05, 4.69) is 10.3 Å². The van der Waals surface area contributed by atoms with E-state index in [1.165, 1.54) is 0 Å². The lowest BCUT2D eigenvalue weighted by molar-refractivity contribution is -0.382. The molecule has 0 aliphatic rings. The van der Waals surface area contributed by atoms with Gasteiger partial charge in [0.1, 0.15) is 6.54 Å². The van der Waals surface area contributed by atoms with Crippen LogP contribution >= 0.6 is 8.25 Å². The fourth-order valence-corrected chi connectivity index (χ4v) is 1.17. The molecule has 2 atom stereocenters. The van der Waals surface area contributed by atoms with Crippen LogP contribution in [0.15, 0.2) is 0 Å². The van der Waals surface area contributed by atoms with Gasteiger partial charge in [0.05, 0.1) is 0 Å². The van der Waals surface area contributed by atoms with E-state index in [4.69, 9.17) is 4.89 Å². The fraction of sp³-hybridized carbons (Fsp3) is 1.00. The summed E-state index contributed by atoms with van der Waals surface area (Å²) in [5.41, 5.74) is 3.59. The normalized spacial score (nSPS) is 14.9. The highest BCUT2D eigenvalue weighted by Crippen LogP contribution is 2.19. The molecular formula is C5H14NO3P+2. The summed E-state index contributed by atoms with van der Waals surface area (Å²) < 4.78 is 14.8. The molecule has 0 aromatic rings. The molecule has 2 unspecified atom stereocenters. The molecule has 0 aromatic heterocycles. The van der Waals surface area contributed by atoms with Crippen LogP contribution in [0.1, 0.15) is 19.8 Å². The van der Waals surface area contributed by atoms with Crippen molar-refractivity contribution in [3.63, 3.8) is 0 Å². The van der Waals surface area contributed by atoms with E-state index in [-0.39, 0.29) is 6.10 Å². The smallest absolute Gasteiger partial charge is 0.355 e. The van der Waals surface area contributed by atoms with E-state index in [9.17, 15) is 4.57 Å². The van der Waals surface area contributed by atoms with E-state index < -0.39 is 8.25 Å². The summed E-state index contributed by atoms with van der Waals surface area (Å²) in [5, 5.41) is 0. The maximum atomic E-state index is 10.1. The van der Waals surface area contributed by atoms with Crippen LogP contribution in [0.2, 0.25) is 0 Å². The van der Waals surface area contributed by atoms with Gasteiger partial charge in [-0.2, -0.15) is 0 Å². The summed E-state index contributed by atoms with van der Waals surface area (Å²) in [4.78, 5) is 8.34. The summed E-state index contributed by atoms with van der Waals surface area (Å²) in [5.74, 6) is 0.